The molecule has 35 heavy (non-hydrogen) atoms. The lowest BCUT2D eigenvalue weighted by molar-refractivity contribution is -0.129. The first-order valence-electron chi connectivity index (χ1n) is 11.7. The van der Waals surface area contributed by atoms with E-state index in [1.54, 1.807) is 32.4 Å². The van der Waals surface area contributed by atoms with E-state index in [1.165, 1.54) is 0 Å². The van der Waals surface area contributed by atoms with Gasteiger partial charge in [0.05, 0.1) is 29.2 Å². The highest BCUT2D eigenvalue weighted by molar-refractivity contribution is 5.94. The smallest absolute Gasteiger partial charge is 0.252 e. The molecule has 0 aliphatic carbocycles. The molecule has 5 rings (SSSR count). The van der Waals surface area contributed by atoms with Crippen molar-refractivity contribution in [1.29, 1.82) is 0 Å². The largest absolute Gasteiger partial charge is 0.455 e. The maximum absolute atomic E-state index is 12.3. The zero-order valence-corrected chi connectivity index (χ0v) is 20.0. The number of aromatic amines is 1. The number of hydrogen-bond donors (Lipinski definition) is 2. The van der Waals surface area contributed by atoms with E-state index in [0.29, 0.717) is 17.1 Å². The molecule has 0 unspecified atom stereocenters. The van der Waals surface area contributed by atoms with Crippen LogP contribution >= 0.6 is 0 Å². The highest BCUT2D eigenvalue weighted by Gasteiger charge is 2.31. The first-order valence-corrected chi connectivity index (χ1v) is 11.7. The fraction of sp³-hybridized carbons (Fsp3) is 0.259. The van der Waals surface area contributed by atoms with Gasteiger partial charge in [-0.15, -0.1) is 0 Å². The summed E-state index contributed by atoms with van der Waals surface area (Å²) in [5.41, 5.74) is 4.86. The van der Waals surface area contributed by atoms with Crippen molar-refractivity contribution in [3.05, 3.63) is 71.7 Å². The number of nitrogens with zero attached hydrogens (tertiary/aromatic N) is 3. The van der Waals surface area contributed by atoms with Gasteiger partial charge in [-0.2, -0.15) is 0 Å². The predicted molar refractivity (Wildman–Crippen MR) is 133 cm³/mol. The van der Waals surface area contributed by atoms with Crippen molar-refractivity contribution >= 4 is 22.7 Å². The lowest BCUT2D eigenvalue weighted by atomic mass is 10.0. The number of aryl methyl sites for hydroxylation is 1. The van der Waals surface area contributed by atoms with Crippen LogP contribution in [0.4, 0.5) is 0 Å². The van der Waals surface area contributed by atoms with Crippen LogP contribution in [0.25, 0.3) is 22.3 Å². The number of H-pyrrole nitrogens is 1. The molecule has 1 aliphatic heterocycles. The number of ether oxygens (including phenoxy) is 1. The van der Waals surface area contributed by atoms with E-state index in [1.807, 2.05) is 42.2 Å². The maximum Gasteiger partial charge on any atom is 0.252 e. The summed E-state index contributed by atoms with van der Waals surface area (Å²) in [5, 5.41) is 3.56. The summed E-state index contributed by atoms with van der Waals surface area (Å²) in [5.74, 6) is 1.23. The summed E-state index contributed by atoms with van der Waals surface area (Å²) in [6.45, 7) is 4.28. The summed E-state index contributed by atoms with van der Waals surface area (Å²) < 4.78 is 6.31. The van der Waals surface area contributed by atoms with E-state index >= 15 is 0 Å². The summed E-state index contributed by atoms with van der Waals surface area (Å²) >= 11 is 0. The molecule has 178 valence electrons. The first kappa shape index (κ1) is 22.6. The summed E-state index contributed by atoms with van der Waals surface area (Å²) in [6.07, 6.45) is 5.10. The van der Waals surface area contributed by atoms with Gasteiger partial charge in [0.1, 0.15) is 11.5 Å². The zero-order valence-electron chi connectivity index (χ0n) is 20.0. The lowest BCUT2D eigenvalue weighted by Crippen LogP contribution is -2.28. The van der Waals surface area contributed by atoms with Gasteiger partial charge in [0, 0.05) is 48.9 Å². The van der Waals surface area contributed by atoms with Crippen molar-refractivity contribution in [2.24, 2.45) is 0 Å². The van der Waals surface area contributed by atoms with Crippen LogP contribution in [0.3, 0.4) is 0 Å². The van der Waals surface area contributed by atoms with E-state index in [-0.39, 0.29) is 17.9 Å². The topological polar surface area (TPSA) is 100 Å². The molecule has 1 atom stereocenters. The van der Waals surface area contributed by atoms with Crippen molar-refractivity contribution in [1.82, 2.24) is 25.2 Å². The molecule has 4 aromatic rings. The number of pyridine rings is 2. The van der Waals surface area contributed by atoms with Gasteiger partial charge in [0.15, 0.2) is 0 Å². The van der Waals surface area contributed by atoms with Crippen LogP contribution in [0.15, 0.2) is 54.9 Å². The van der Waals surface area contributed by atoms with Crippen molar-refractivity contribution in [3.63, 3.8) is 0 Å². The van der Waals surface area contributed by atoms with E-state index in [2.05, 4.69) is 26.3 Å². The molecule has 1 aromatic carbocycles. The molecule has 1 saturated heterocycles. The molecule has 8 heteroatoms. The Kier molecular flexibility index (Phi) is 5.94. The van der Waals surface area contributed by atoms with E-state index in [0.717, 1.165) is 52.9 Å². The Bertz CT molecular complexity index is 1390. The molecule has 2 amide bonds. The highest BCUT2D eigenvalue weighted by atomic mass is 16.5. The van der Waals surface area contributed by atoms with Crippen LogP contribution in [0.1, 0.15) is 47.4 Å². The Hall–Kier alpha value is -4.20. The van der Waals surface area contributed by atoms with Gasteiger partial charge >= 0.3 is 0 Å². The molecular weight excluding hydrogens is 442 g/mol. The number of carbonyl (C=O) groups excluding carboxylic acids is 2. The number of hydrogen-bond acceptors (Lipinski definition) is 5. The van der Waals surface area contributed by atoms with Crippen LogP contribution in [0.5, 0.6) is 11.5 Å². The number of aromatic nitrogens is 3. The quantitative estimate of drug-likeness (QED) is 0.439. The number of nitrogens with one attached hydrogen (secondary N) is 2. The standard InChI is InChI=1S/C27H27N5O3/c1-16-6-8-20(15-29-16)35-26-12-19-11-24(22-9-7-18(14-30-22)27(34)28-3)31-23(19)13-21(26)25-5-4-10-32(25)17(2)33/h6-9,11-15,25,31H,4-5,10H2,1-3H3,(H,28,34)/t25-/m1/s1. The van der Waals surface area contributed by atoms with Crippen molar-refractivity contribution < 1.29 is 14.3 Å². The Balaban J connectivity index is 1.57. The molecule has 0 spiro atoms. The molecule has 0 bridgehead atoms. The SMILES string of the molecule is CNC(=O)c1ccc(-c2cc3cc(Oc4ccc(C)nc4)c([C@H]4CCCN4C(C)=O)cc3[nH]2)nc1. The minimum Gasteiger partial charge on any atom is -0.455 e. The third-order valence-electron chi connectivity index (χ3n) is 6.41. The fourth-order valence-electron chi connectivity index (χ4n) is 4.60. The number of carbonyl (C=O) groups is 2. The van der Waals surface area contributed by atoms with Gasteiger partial charge in [-0.25, -0.2) is 0 Å². The van der Waals surface area contributed by atoms with Crippen LogP contribution in [0.2, 0.25) is 0 Å². The molecular formula is C27H27N5O3. The molecule has 1 aliphatic rings. The Morgan fingerprint density at radius 3 is 2.66 bits per heavy atom. The second kappa shape index (κ2) is 9.21. The number of rotatable bonds is 5. The van der Waals surface area contributed by atoms with E-state index in [9.17, 15) is 9.59 Å². The van der Waals surface area contributed by atoms with Gasteiger partial charge in [0.2, 0.25) is 5.91 Å². The van der Waals surface area contributed by atoms with Crippen LogP contribution in [-0.4, -0.2) is 45.3 Å². The number of benzene rings is 1. The Morgan fingerprint density at radius 1 is 1.11 bits per heavy atom. The molecule has 4 heterocycles. The summed E-state index contributed by atoms with van der Waals surface area (Å²) in [4.78, 5) is 38.3. The van der Waals surface area contributed by atoms with Crippen molar-refractivity contribution in [2.75, 3.05) is 13.6 Å². The minimum absolute atomic E-state index is 0.0537. The van der Waals surface area contributed by atoms with Gasteiger partial charge in [-0.1, -0.05) is 0 Å². The van der Waals surface area contributed by atoms with Crippen molar-refractivity contribution in [3.8, 4) is 22.9 Å². The molecule has 8 nitrogen and oxygen atoms in total. The van der Waals surface area contributed by atoms with Crippen LogP contribution in [-0.2, 0) is 4.79 Å². The van der Waals surface area contributed by atoms with Crippen LogP contribution in [0, 0.1) is 6.92 Å². The monoisotopic (exact) mass is 469 g/mol. The average Bonchev–Trinajstić information content (AvgIpc) is 3.52. The fourth-order valence-corrected chi connectivity index (χ4v) is 4.60. The number of likely N-dealkylation sites (tertiary alicyclic amines) is 1. The van der Waals surface area contributed by atoms with E-state index in [4.69, 9.17) is 4.74 Å². The number of fused-ring (bicyclic) bond motifs is 1. The Morgan fingerprint density at radius 2 is 1.97 bits per heavy atom. The molecule has 2 N–H and O–H groups in total. The third-order valence-corrected chi connectivity index (χ3v) is 6.41. The van der Waals surface area contributed by atoms with Crippen molar-refractivity contribution in [2.45, 2.75) is 32.7 Å². The van der Waals surface area contributed by atoms with Crippen LogP contribution < -0.4 is 10.1 Å². The third kappa shape index (κ3) is 4.47. The summed E-state index contributed by atoms with van der Waals surface area (Å²) in [7, 11) is 1.59. The number of amides is 2. The maximum atomic E-state index is 12.3. The normalized spacial score (nSPS) is 15.4. The molecule has 0 saturated carbocycles. The first-order chi connectivity index (χ1) is 16.9. The lowest BCUT2D eigenvalue weighted by Gasteiger charge is -2.25. The zero-order chi connectivity index (χ0) is 24.5. The van der Waals surface area contributed by atoms with Gasteiger partial charge < -0.3 is 19.9 Å². The van der Waals surface area contributed by atoms with Gasteiger partial charge in [-0.05, 0) is 62.2 Å². The Labute approximate surface area is 203 Å². The highest BCUT2D eigenvalue weighted by Crippen LogP contribution is 2.41. The molecule has 1 fully saturated rings. The minimum atomic E-state index is -0.177. The van der Waals surface area contributed by atoms with Gasteiger partial charge in [0.25, 0.3) is 5.91 Å². The van der Waals surface area contributed by atoms with Gasteiger partial charge in [-0.3, -0.25) is 19.6 Å². The second-order valence-electron chi connectivity index (χ2n) is 8.78. The van der Waals surface area contributed by atoms with E-state index < -0.39 is 0 Å². The summed E-state index contributed by atoms with van der Waals surface area (Å²) in [6, 6.07) is 13.4. The predicted octanol–water partition coefficient (Wildman–Crippen LogP) is 4.77. The molecule has 3 aromatic heterocycles. The second-order valence-corrected chi connectivity index (χ2v) is 8.78. The average molecular weight is 470 g/mol. The molecule has 0 radical (unpaired) electrons.